The summed E-state index contributed by atoms with van der Waals surface area (Å²) in [5, 5.41) is 3.51. The Morgan fingerprint density at radius 2 is 2.00 bits per heavy atom. The predicted octanol–water partition coefficient (Wildman–Crippen LogP) is 2.92. The van der Waals surface area contributed by atoms with Crippen LogP contribution < -0.4 is 14.8 Å². The summed E-state index contributed by atoms with van der Waals surface area (Å²) in [5.74, 6) is 4.28. The van der Waals surface area contributed by atoms with Gasteiger partial charge in [0.2, 0.25) is 0 Å². The van der Waals surface area contributed by atoms with Crippen LogP contribution in [0.4, 0.5) is 0 Å². The predicted molar refractivity (Wildman–Crippen MR) is 82.3 cm³/mol. The maximum absolute atomic E-state index is 5.67. The van der Waals surface area contributed by atoms with Gasteiger partial charge >= 0.3 is 0 Å². The fraction of sp³-hybridized carbons (Fsp3) is 0.222. The highest BCUT2D eigenvalue weighted by atomic mass is 16.5. The molecule has 21 heavy (non-hydrogen) atoms. The third-order valence-corrected chi connectivity index (χ3v) is 3.52. The van der Waals surface area contributed by atoms with Gasteiger partial charge in [0.1, 0.15) is 24.7 Å². The van der Waals surface area contributed by atoms with E-state index in [1.807, 2.05) is 42.5 Å². The normalized spacial score (nSPS) is 15.9. The minimum absolute atomic E-state index is 0.210. The molecule has 1 heterocycles. The summed E-state index contributed by atoms with van der Waals surface area (Å²) < 4.78 is 11.2. The van der Waals surface area contributed by atoms with E-state index in [1.54, 1.807) is 0 Å². The van der Waals surface area contributed by atoms with Gasteiger partial charge in [0.25, 0.3) is 0 Å². The zero-order chi connectivity index (χ0) is 14.5. The van der Waals surface area contributed by atoms with Crippen LogP contribution in [0.2, 0.25) is 0 Å². The van der Waals surface area contributed by atoms with Crippen molar-refractivity contribution in [3.63, 3.8) is 0 Å². The van der Waals surface area contributed by atoms with E-state index >= 15 is 0 Å². The number of para-hydroxylation sites is 2. The number of hydrogen-bond acceptors (Lipinski definition) is 3. The SMILES string of the molecule is C#CCOc1ccccc1CNC1COc2ccccc21. The smallest absolute Gasteiger partial charge is 0.148 e. The number of terminal acetylenes is 1. The van der Waals surface area contributed by atoms with Crippen LogP contribution in [0.3, 0.4) is 0 Å². The maximum Gasteiger partial charge on any atom is 0.148 e. The average Bonchev–Trinajstić information content (AvgIpc) is 2.95. The lowest BCUT2D eigenvalue weighted by molar-refractivity contribution is 0.309. The molecule has 0 aliphatic carbocycles. The van der Waals surface area contributed by atoms with Crippen molar-refractivity contribution in [2.75, 3.05) is 13.2 Å². The highest BCUT2D eigenvalue weighted by molar-refractivity contribution is 5.39. The van der Waals surface area contributed by atoms with Crippen molar-refractivity contribution in [2.24, 2.45) is 0 Å². The van der Waals surface area contributed by atoms with Crippen LogP contribution in [0.5, 0.6) is 11.5 Å². The molecule has 0 fully saturated rings. The molecule has 1 unspecified atom stereocenters. The highest BCUT2D eigenvalue weighted by Crippen LogP contribution is 2.32. The number of fused-ring (bicyclic) bond motifs is 1. The number of ether oxygens (including phenoxy) is 2. The summed E-state index contributed by atoms with van der Waals surface area (Å²) in [5.41, 5.74) is 2.30. The third kappa shape index (κ3) is 3.01. The van der Waals surface area contributed by atoms with E-state index in [0.29, 0.717) is 13.2 Å². The van der Waals surface area contributed by atoms with Crippen LogP contribution >= 0.6 is 0 Å². The van der Waals surface area contributed by atoms with Crippen molar-refractivity contribution in [1.29, 1.82) is 0 Å². The lowest BCUT2D eigenvalue weighted by Gasteiger charge is -2.14. The first kappa shape index (κ1) is 13.5. The largest absolute Gasteiger partial charge is 0.491 e. The van der Waals surface area contributed by atoms with Crippen molar-refractivity contribution in [2.45, 2.75) is 12.6 Å². The van der Waals surface area contributed by atoms with Crippen LogP contribution in [-0.4, -0.2) is 13.2 Å². The Morgan fingerprint density at radius 1 is 1.19 bits per heavy atom. The minimum Gasteiger partial charge on any atom is -0.491 e. The second kappa shape index (κ2) is 6.34. The van der Waals surface area contributed by atoms with Crippen LogP contribution in [0.1, 0.15) is 17.2 Å². The van der Waals surface area contributed by atoms with E-state index in [2.05, 4.69) is 17.3 Å². The van der Waals surface area contributed by atoms with Crippen molar-refractivity contribution in [3.8, 4) is 23.8 Å². The van der Waals surface area contributed by atoms with E-state index < -0.39 is 0 Å². The fourth-order valence-electron chi connectivity index (χ4n) is 2.47. The molecule has 1 atom stereocenters. The molecule has 3 heteroatoms. The monoisotopic (exact) mass is 279 g/mol. The number of benzene rings is 2. The lowest BCUT2D eigenvalue weighted by Crippen LogP contribution is -2.22. The fourth-order valence-corrected chi connectivity index (χ4v) is 2.47. The Hall–Kier alpha value is -2.44. The van der Waals surface area contributed by atoms with E-state index in [9.17, 15) is 0 Å². The molecular formula is C18H17NO2. The minimum atomic E-state index is 0.210. The van der Waals surface area contributed by atoms with Gasteiger partial charge in [-0.3, -0.25) is 0 Å². The number of rotatable bonds is 5. The molecule has 0 spiro atoms. The molecule has 0 amide bonds. The highest BCUT2D eigenvalue weighted by Gasteiger charge is 2.23. The van der Waals surface area contributed by atoms with Crippen molar-refractivity contribution < 1.29 is 9.47 Å². The molecule has 2 aromatic rings. The van der Waals surface area contributed by atoms with Crippen LogP contribution in [0.15, 0.2) is 48.5 Å². The van der Waals surface area contributed by atoms with Crippen molar-refractivity contribution >= 4 is 0 Å². The van der Waals surface area contributed by atoms with Gasteiger partial charge in [0.05, 0.1) is 6.04 Å². The quantitative estimate of drug-likeness (QED) is 0.854. The van der Waals surface area contributed by atoms with Crippen LogP contribution in [0, 0.1) is 12.3 Å². The molecule has 3 rings (SSSR count). The Kier molecular flexibility index (Phi) is 4.09. The van der Waals surface area contributed by atoms with Gasteiger partial charge in [-0.25, -0.2) is 0 Å². The van der Waals surface area contributed by atoms with E-state index in [4.69, 9.17) is 15.9 Å². The van der Waals surface area contributed by atoms with Gasteiger partial charge in [-0.05, 0) is 12.1 Å². The number of nitrogens with one attached hydrogen (secondary N) is 1. The van der Waals surface area contributed by atoms with Gasteiger partial charge in [0, 0.05) is 17.7 Å². The molecule has 0 bridgehead atoms. The first-order chi connectivity index (χ1) is 10.4. The molecule has 0 aromatic heterocycles. The first-order valence-corrected chi connectivity index (χ1v) is 6.98. The zero-order valence-electron chi connectivity index (χ0n) is 11.7. The maximum atomic E-state index is 5.67. The lowest BCUT2D eigenvalue weighted by atomic mass is 10.1. The van der Waals surface area contributed by atoms with Crippen LogP contribution in [-0.2, 0) is 6.54 Å². The summed E-state index contributed by atoms with van der Waals surface area (Å²) in [6.07, 6.45) is 5.25. The van der Waals surface area contributed by atoms with Crippen molar-refractivity contribution in [1.82, 2.24) is 5.32 Å². The van der Waals surface area contributed by atoms with Gasteiger partial charge in [-0.15, -0.1) is 6.42 Å². The van der Waals surface area contributed by atoms with Crippen LogP contribution in [0.25, 0.3) is 0 Å². The molecule has 0 radical (unpaired) electrons. The average molecular weight is 279 g/mol. The Bertz CT molecular complexity index is 660. The summed E-state index contributed by atoms with van der Waals surface area (Å²) in [6, 6.07) is 16.3. The van der Waals surface area contributed by atoms with E-state index in [0.717, 1.165) is 17.1 Å². The topological polar surface area (TPSA) is 30.5 Å². The molecule has 1 N–H and O–H groups in total. The van der Waals surface area contributed by atoms with Gasteiger partial charge < -0.3 is 14.8 Å². The first-order valence-electron chi connectivity index (χ1n) is 6.98. The molecule has 106 valence electrons. The number of hydrogen-bond donors (Lipinski definition) is 1. The summed E-state index contributed by atoms with van der Waals surface area (Å²) in [6.45, 7) is 1.65. The molecule has 0 saturated heterocycles. The molecule has 2 aromatic carbocycles. The summed E-state index contributed by atoms with van der Waals surface area (Å²) >= 11 is 0. The summed E-state index contributed by atoms with van der Waals surface area (Å²) in [7, 11) is 0. The Morgan fingerprint density at radius 3 is 2.90 bits per heavy atom. The molecule has 1 aliphatic heterocycles. The second-order valence-electron chi connectivity index (χ2n) is 4.88. The molecule has 1 aliphatic rings. The summed E-state index contributed by atoms with van der Waals surface area (Å²) in [4.78, 5) is 0. The third-order valence-electron chi connectivity index (χ3n) is 3.52. The second-order valence-corrected chi connectivity index (χ2v) is 4.88. The molecule has 3 nitrogen and oxygen atoms in total. The molecule has 0 saturated carbocycles. The standard InChI is InChI=1S/C18H17NO2/c1-2-11-20-17-9-5-3-7-14(17)12-19-16-13-21-18-10-6-4-8-15(16)18/h1,3-10,16,19H,11-13H2. The van der Waals surface area contributed by atoms with Gasteiger partial charge in [-0.1, -0.05) is 42.3 Å². The van der Waals surface area contributed by atoms with E-state index in [1.165, 1.54) is 5.56 Å². The van der Waals surface area contributed by atoms with Gasteiger partial charge in [0.15, 0.2) is 0 Å². The van der Waals surface area contributed by atoms with Crippen molar-refractivity contribution in [3.05, 3.63) is 59.7 Å². The Balaban J connectivity index is 1.68. The Labute approximate surface area is 124 Å². The zero-order valence-corrected chi connectivity index (χ0v) is 11.7. The van der Waals surface area contributed by atoms with E-state index in [-0.39, 0.29) is 12.6 Å². The molecular weight excluding hydrogens is 262 g/mol. The van der Waals surface area contributed by atoms with Gasteiger partial charge in [-0.2, -0.15) is 0 Å².